The van der Waals surface area contributed by atoms with Crippen molar-refractivity contribution in [2.24, 2.45) is 7.05 Å². The summed E-state index contributed by atoms with van der Waals surface area (Å²) in [4.78, 5) is 4.53. The van der Waals surface area contributed by atoms with Crippen molar-refractivity contribution in [3.63, 3.8) is 0 Å². The quantitative estimate of drug-likeness (QED) is 0.849. The van der Waals surface area contributed by atoms with Crippen LogP contribution >= 0.6 is 0 Å². The van der Waals surface area contributed by atoms with Crippen molar-refractivity contribution >= 4 is 5.82 Å². The van der Waals surface area contributed by atoms with Crippen LogP contribution in [0.3, 0.4) is 0 Å². The molecule has 86 valence electrons. The van der Waals surface area contributed by atoms with E-state index in [1.165, 1.54) is 0 Å². The van der Waals surface area contributed by atoms with Gasteiger partial charge in [0.25, 0.3) is 0 Å². The van der Waals surface area contributed by atoms with Crippen LogP contribution in [0.25, 0.3) is 11.3 Å². The molecule has 2 rings (SSSR count). The number of nitrogen functional groups attached to an aromatic ring is 1. The van der Waals surface area contributed by atoms with Gasteiger partial charge in [-0.15, -0.1) is 0 Å². The maximum Gasteiger partial charge on any atom is 0.131 e. The molecule has 0 radical (unpaired) electrons. The van der Waals surface area contributed by atoms with E-state index in [0.717, 1.165) is 30.0 Å². The lowest BCUT2D eigenvalue weighted by Crippen LogP contribution is -2.00. The number of nitrogens with zero attached hydrogens (tertiary/aromatic N) is 4. The highest BCUT2D eigenvalue weighted by Gasteiger charge is 2.13. The standard InChI is InChI=1S/C11H17N5/c1-4-9-14-10(11(12)15(9)3)8-6-13-16(5-2)7-8/h6-7H,4-5,12H2,1-3H3. The van der Waals surface area contributed by atoms with Gasteiger partial charge in [-0.25, -0.2) is 4.98 Å². The molecule has 2 aromatic heterocycles. The van der Waals surface area contributed by atoms with Gasteiger partial charge < -0.3 is 10.3 Å². The SMILES string of the molecule is CCc1nc(-c2cnn(CC)c2)c(N)n1C. The van der Waals surface area contributed by atoms with Crippen LogP contribution in [0.2, 0.25) is 0 Å². The topological polar surface area (TPSA) is 61.7 Å². The molecule has 0 saturated carbocycles. The van der Waals surface area contributed by atoms with Gasteiger partial charge >= 0.3 is 0 Å². The Hall–Kier alpha value is -1.78. The maximum atomic E-state index is 6.03. The number of aromatic nitrogens is 4. The lowest BCUT2D eigenvalue weighted by molar-refractivity contribution is 0.660. The second-order valence-electron chi connectivity index (χ2n) is 3.76. The average molecular weight is 219 g/mol. The van der Waals surface area contributed by atoms with Gasteiger partial charge in [-0.1, -0.05) is 6.92 Å². The highest BCUT2D eigenvalue weighted by Crippen LogP contribution is 2.25. The van der Waals surface area contributed by atoms with Crippen molar-refractivity contribution in [1.29, 1.82) is 0 Å². The molecule has 0 amide bonds. The predicted octanol–water partition coefficient (Wildman–Crippen LogP) is 1.45. The molecular weight excluding hydrogens is 202 g/mol. The Labute approximate surface area is 94.9 Å². The molecule has 0 aromatic carbocycles. The van der Waals surface area contributed by atoms with E-state index in [0.29, 0.717) is 5.82 Å². The number of aryl methyl sites for hydroxylation is 2. The third-order valence-electron chi connectivity index (χ3n) is 2.78. The predicted molar refractivity (Wildman–Crippen MR) is 63.9 cm³/mol. The summed E-state index contributed by atoms with van der Waals surface area (Å²) >= 11 is 0. The third kappa shape index (κ3) is 1.58. The van der Waals surface area contributed by atoms with E-state index in [4.69, 9.17) is 5.73 Å². The molecule has 0 aliphatic heterocycles. The lowest BCUT2D eigenvalue weighted by atomic mass is 10.2. The van der Waals surface area contributed by atoms with Crippen LogP contribution in [0.1, 0.15) is 19.7 Å². The minimum absolute atomic E-state index is 0.701. The molecule has 0 bridgehead atoms. The number of rotatable bonds is 3. The monoisotopic (exact) mass is 219 g/mol. The number of nitrogens with two attached hydrogens (primary N) is 1. The summed E-state index contributed by atoms with van der Waals surface area (Å²) in [6.07, 6.45) is 4.66. The van der Waals surface area contributed by atoms with Gasteiger partial charge in [-0.2, -0.15) is 5.10 Å². The minimum atomic E-state index is 0.701. The normalized spacial score (nSPS) is 10.9. The molecule has 2 N–H and O–H groups in total. The molecule has 0 saturated heterocycles. The van der Waals surface area contributed by atoms with Gasteiger partial charge in [0, 0.05) is 31.8 Å². The molecule has 16 heavy (non-hydrogen) atoms. The Morgan fingerprint density at radius 2 is 2.12 bits per heavy atom. The van der Waals surface area contributed by atoms with Crippen LogP contribution in [-0.2, 0) is 20.0 Å². The van der Waals surface area contributed by atoms with Crippen LogP contribution in [0.5, 0.6) is 0 Å². The van der Waals surface area contributed by atoms with Crippen LogP contribution < -0.4 is 5.73 Å². The summed E-state index contributed by atoms with van der Waals surface area (Å²) in [6.45, 7) is 4.98. The third-order valence-corrected chi connectivity index (χ3v) is 2.78. The zero-order valence-corrected chi connectivity index (χ0v) is 9.94. The molecule has 0 unspecified atom stereocenters. The van der Waals surface area contributed by atoms with E-state index in [1.54, 1.807) is 0 Å². The summed E-state index contributed by atoms with van der Waals surface area (Å²) in [5.74, 6) is 1.70. The highest BCUT2D eigenvalue weighted by molar-refractivity contribution is 5.69. The second-order valence-corrected chi connectivity index (χ2v) is 3.76. The Kier molecular flexibility index (Phi) is 2.68. The van der Waals surface area contributed by atoms with Gasteiger partial charge in [0.05, 0.1) is 6.20 Å². The summed E-state index contributed by atoms with van der Waals surface area (Å²) in [5.41, 5.74) is 7.84. The number of imidazole rings is 1. The zero-order valence-electron chi connectivity index (χ0n) is 9.94. The first-order valence-electron chi connectivity index (χ1n) is 5.51. The average Bonchev–Trinajstić information content (AvgIpc) is 2.86. The lowest BCUT2D eigenvalue weighted by Gasteiger charge is -1.98. The molecule has 5 nitrogen and oxygen atoms in total. The van der Waals surface area contributed by atoms with E-state index >= 15 is 0 Å². The second kappa shape index (κ2) is 4.00. The molecule has 5 heteroatoms. The van der Waals surface area contributed by atoms with E-state index in [9.17, 15) is 0 Å². The Morgan fingerprint density at radius 3 is 2.62 bits per heavy atom. The fraction of sp³-hybridized carbons (Fsp3) is 0.455. The van der Waals surface area contributed by atoms with Crippen molar-refractivity contribution in [2.75, 3.05) is 5.73 Å². The Morgan fingerprint density at radius 1 is 1.38 bits per heavy atom. The van der Waals surface area contributed by atoms with Crippen LogP contribution in [-0.4, -0.2) is 19.3 Å². The molecule has 0 aliphatic carbocycles. The zero-order chi connectivity index (χ0) is 11.7. The van der Waals surface area contributed by atoms with Gasteiger partial charge in [-0.3, -0.25) is 4.68 Å². The fourth-order valence-electron chi connectivity index (χ4n) is 1.75. The Balaban J connectivity index is 2.47. The van der Waals surface area contributed by atoms with Crippen LogP contribution in [0.15, 0.2) is 12.4 Å². The number of anilines is 1. The molecular formula is C11H17N5. The van der Waals surface area contributed by atoms with Crippen LogP contribution in [0.4, 0.5) is 5.82 Å². The van der Waals surface area contributed by atoms with E-state index in [-0.39, 0.29) is 0 Å². The van der Waals surface area contributed by atoms with Crippen LogP contribution in [0, 0.1) is 0 Å². The molecule has 0 spiro atoms. The maximum absolute atomic E-state index is 6.03. The van der Waals surface area contributed by atoms with Crippen molar-refractivity contribution < 1.29 is 0 Å². The van der Waals surface area contributed by atoms with Crippen molar-refractivity contribution in [3.05, 3.63) is 18.2 Å². The summed E-state index contributed by atoms with van der Waals surface area (Å²) < 4.78 is 3.80. The first-order valence-corrected chi connectivity index (χ1v) is 5.51. The smallest absolute Gasteiger partial charge is 0.131 e. The van der Waals surface area contributed by atoms with Gasteiger partial charge in [-0.05, 0) is 6.92 Å². The fourth-order valence-corrected chi connectivity index (χ4v) is 1.75. The number of hydrogen-bond acceptors (Lipinski definition) is 3. The van der Waals surface area contributed by atoms with E-state index < -0.39 is 0 Å². The van der Waals surface area contributed by atoms with Gasteiger partial charge in [0.1, 0.15) is 17.3 Å². The first kappa shape index (κ1) is 10.7. The molecule has 0 fully saturated rings. The van der Waals surface area contributed by atoms with Gasteiger partial charge in [0.2, 0.25) is 0 Å². The summed E-state index contributed by atoms with van der Waals surface area (Å²) in [5, 5.41) is 4.23. The molecule has 2 aromatic rings. The first-order chi connectivity index (χ1) is 7.67. The highest BCUT2D eigenvalue weighted by atomic mass is 15.3. The van der Waals surface area contributed by atoms with Crippen molar-refractivity contribution in [2.45, 2.75) is 26.8 Å². The van der Waals surface area contributed by atoms with E-state index in [2.05, 4.69) is 23.9 Å². The molecule has 2 heterocycles. The summed E-state index contributed by atoms with van der Waals surface area (Å²) in [7, 11) is 1.94. The van der Waals surface area contributed by atoms with E-state index in [1.807, 2.05) is 28.7 Å². The molecule has 0 aliphatic rings. The summed E-state index contributed by atoms with van der Waals surface area (Å²) in [6, 6.07) is 0. The van der Waals surface area contributed by atoms with Gasteiger partial charge in [0.15, 0.2) is 0 Å². The largest absolute Gasteiger partial charge is 0.383 e. The van der Waals surface area contributed by atoms with Crippen molar-refractivity contribution in [3.8, 4) is 11.3 Å². The number of hydrogen-bond donors (Lipinski definition) is 1. The molecule has 0 atom stereocenters. The minimum Gasteiger partial charge on any atom is -0.383 e. The Bertz CT molecular complexity index is 494. The van der Waals surface area contributed by atoms with Crippen molar-refractivity contribution in [1.82, 2.24) is 19.3 Å².